The average molecular weight is 681 g/mol. The predicted octanol–water partition coefficient (Wildman–Crippen LogP) is 7.16. The van der Waals surface area contributed by atoms with Crippen molar-refractivity contribution in [2.24, 2.45) is 10.9 Å². The lowest BCUT2D eigenvalue weighted by molar-refractivity contribution is -0.138. The number of pyridine rings is 1. The molecule has 2 atom stereocenters. The first-order valence-corrected chi connectivity index (χ1v) is 16.2. The van der Waals surface area contributed by atoms with E-state index in [-0.39, 0.29) is 35.4 Å². The highest BCUT2D eigenvalue weighted by atomic mass is 19.4. The molecule has 0 spiro atoms. The van der Waals surface area contributed by atoms with Crippen molar-refractivity contribution in [3.63, 3.8) is 0 Å². The highest BCUT2D eigenvalue weighted by Crippen LogP contribution is 2.35. The Morgan fingerprint density at radius 3 is 2.24 bits per heavy atom. The number of aliphatic carboxylic acids is 1. The molecule has 12 heteroatoms. The van der Waals surface area contributed by atoms with Gasteiger partial charge < -0.3 is 14.6 Å². The number of halogens is 4. The number of benzene rings is 2. The van der Waals surface area contributed by atoms with E-state index < -0.39 is 53.4 Å². The third-order valence-electron chi connectivity index (χ3n) is 8.84. The summed E-state index contributed by atoms with van der Waals surface area (Å²) in [6, 6.07) is 7.86. The third kappa shape index (κ3) is 8.89. The molecule has 8 nitrogen and oxygen atoms in total. The molecular formula is C37H40F4N4O4. The monoisotopic (exact) mass is 680 g/mol. The van der Waals surface area contributed by atoms with Gasteiger partial charge in [0.1, 0.15) is 11.9 Å². The highest BCUT2D eigenvalue weighted by Gasteiger charge is 2.35. The van der Waals surface area contributed by atoms with Gasteiger partial charge in [-0.1, -0.05) is 13.8 Å². The van der Waals surface area contributed by atoms with Gasteiger partial charge in [0.2, 0.25) is 0 Å². The Morgan fingerprint density at radius 2 is 1.71 bits per heavy atom. The number of carbonyl (C=O) groups is 2. The van der Waals surface area contributed by atoms with Crippen LogP contribution < -0.4 is 5.56 Å². The fourth-order valence-electron chi connectivity index (χ4n) is 6.34. The standard InChI is InChI=1S/C37H40F4N4O4/c1-21(2)11-31(45-20-26(7-10-44-8-6-9-44)30(17-32(45)46)37(39,40)41)36(49)43-19-28(16-33(47)48)29-15-27(14-24(5)35(29)38)34-22(3)12-25(18-42)13-23(34)4/h12-15,17,19-21,28,31H,6-11,16H2,1-5H3,(H,47,48). The second-order valence-electron chi connectivity index (χ2n) is 13.2. The Labute approximate surface area is 282 Å². The number of carbonyl (C=O) groups excluding carboxylic acids is 1. The zero-order valence-corrected chi connectivity index (χ0v) is 28.2. The number of aliphatic imine (C=N–C) groups is 1. The van der Waals surface area contributed by atoms with E-state index in [1.807, 2.05) is 18.7 Å². The molecule has 2 heterocycles. The molecule has 0 radical (unpaired) electrons. The van der Waals surface area contributed by atoms with Gasteiger partial charge in [0, 0.05) is 30.9 Å². The minimum atomic E-state index is -4.77. The van der Waals surface area contributed by atoms with E-state index >= 15 is 4.39 Å². The van der Waals surface area contributed by atoms with Gasteiger partial charge in [0.15, 0.2) is 0 Å². The summed E-state index contributed by atoms with van der Waals surface area (Å²) in [7, 11) is 0. The molecule has 1 saturated heterocycles. The Balaban J connectivity index is 1.76. The Hall–Kier alpha value is -4.63. The number of hydrogen-bond donors (Lipinski definition) is 1. The van der Waals surface area contributed by atoms with Crippen LogP contribution in [0.5, 0.6) is 0 Å². The molecule has 2 aromatic carbocycles. The Bertz CT molecular complexity index is 1850. The summed E-state index contributed by atoms with van der Waals surface area (Å²) >= 11 is 0. The van der Waals surface area contributed by atoms with Gasteiger partial charge in [-0.15, -0.1) is 0 Å². The SMILES string of the molecule is Cc1cc(-c2c(C)cc(C#N)cc2C)cc(C(C=NC(=O)C(CC(C)C)n2cc(CCN3CCC3)c(C(F)(F)F)cc2=O)CC(=O)O)c1F. The molecular weight excluding hydrogens is 640 g/mol. The van der Waals surface area contributed by atoms with Crippen LogP contribution in [0.2, 0.25) is 0 Å². The second-order valence-corrected chi connectivity index (χ2v) is 13.2. The number of nitriles is 1. The smallest absolute Gasteiger partial charge is 0.416 e. The Kier molecular flexibility index (Phi) is 11.6. The second kappa shape index (κ2) is 15.3. The molecule has 0 bridgehead atoms. The molecule has 1 aliphatic rings. The van der Waals surface area contributed by atoms with Crippen LogP contribution in [0.3, 0.4) is 0 Å². The molecule has 0 saturated carbocycles. The van der Waals surface area contributed by atoms with Crippen molar-refractivity contribution >= 4 is 18.1 Å². The van der Waals surface area contributed by atoms with E-state index in [4.69, 9.17) is 0 Å². The summed E-state index contributed by atoms with van der Waals surface area (Å²) in [5, 5.41) is 19.1. The number of hydrogen-bond acceptors (Lipinski definition) is 5. The van der Waals surface area contributed by atoms with Gasteiger partial charge in [-0.25, -0.2) is 9.38 Å². The third-order valence-corrected chi connectivity index (χ3v) is 8.84. The van der Waals surface area contributed by atoms with E-state index in [1.165, 1.54) is 13.0 Å². The number of alkyl halides is 3. The van der Waals surface area contributed by atoms with Crippen LogP contribution in [0.4, 0.5) is 17.6 Å². The van der Waals surface area contributed by atoms with Crippen LogP contribution in [0.1, 0.15) is 84.0 Å². The van der Waals surface area contributed by atoms with Crippen LogP contribution in [0, 0.1) is 43.8 Å². The quantitative estimate of drug-likeness (QED) is 0.160. The molecule has 4 rings (SSSR count). The summed E-state index contributed by atoms with van der Waals surface area (Å²) in [4.78, 5) is 44.8. The van der Waals surface area contributed by atoms with Crippen molar-refractivity contribution in [1.29, 1.82) is 5.26 Å². The fraction of sp³-hybridized carbons (Fsp3) is 0.432. The number of nitrogens with zero attached hydrogens (tertiary/aromatic N) is 4. The van der Waals surface area contributed by atoms with Crippen molar-refractivity contribution in [2.75, 3.05) is 19.6 Å². The molecule has 0 aliphatic carbocycles. The van der Waals surface area contributed by atoms with E-state index in [1.54, 1.807) is 32.0 Å². The van der Waals surface area contributed by atoms with Crippen molar-refractivity contribution in [2.45, 2.75) is 78.4 Å². The van der Waals surface area contributed by atoms with E-state index in [0.29, 0.717) is 23.7 Å². The maximum Gasteiger partial charge on any atom is 0.416 e. The maximum absolute atomic E-state index is 15.7. The number of aryl methyl sites for hydroxylation is 3. The molecule has 1 fully saturated rings. The predicted molar refractivity (Wildman–Crippen MR) is 178 cm³/mol. The number of carboxylic acids is 1. The van der Waals surface area contributed by atoms with Crippen molar-refractivity contribution in [3.05, 3.63) is 91.6 Å². The van der Waals surface area contributed by atoms with Crippen LogP contribution in [-0.2, 0) is 22.2 Å². The molecule has 1 aliphatic heterocycles. The van der Waals surface area contributed by atoms with Gasteiger partial charge >= 0.3 is 12.1 Å². The largest absolute Gasteiger partial charge is 0.481 e. The van der Waals surface area contributed by atoms with Crippen LogP contribution in [-0.4, -0.2) is 52.3 Å². The number of aromatic nitrogens is 1. The van der Waals surface area contributed by atoms with Crippen molar-refractivity contribution < 1.29 is 32.3 Å². The molecule has 3 aromatic rings. The summed E-state index contributed by atoms with van der Waals surface area (Å²) in [6.07, 6.45) is -2.20. The summed E-state index contributed by atoms with van der Waals surface area (Å²) in [6.45, 7) is 10.6. The number of rotatable bonds is 12. The average Bonchev–Trinajstić information content (AvgIpc) is 2.98. The zero-order chi connectivity index (χ0) is 36.2. The molecule has 1 amide bonds. The normalized spacial score (nSPS) is 14.9. The van der Waals surface area contributed by atoms with Gasteiger partial charge in [0.25, 0.3) is 11.5 Å². The first-order chi connectivity index (χ1) is 23.0. The molecule has 2 unspecified atom stereocenters. The highest BCUT2D eigenvalue weighted by molar-refractivity contribution is 5.91. The van der Waals surface area contributed by atoms with Gasteiger partial charge in [-0.05, 0) is 122 Å². The summed E-state index contributed by atoms with van der Waals surface area (Å²) in [5.41, 5.74) is 1.34. The Morgan fingerprint density at radius 1 is 1.06 bits per heavy atom. The zero-order valence-electron chi connectivity index (χ0n) is 28.2. The van der Waals surface area contributed by atoms with E-state index in [2.05, 4.69) is 11.1 Å². The van der Waals surface area contributed by atoms with Crippen LogP contribution >= 0.6 is 0 Å². The topological polar surface area (TPSA) is 116 Å². The van der Waals surface area contributed by atoms with Crippen molar-refractivity contribution in [3.8, 4) is 17.2 Å². The van der Waals surface area contributed by atoms with Crippen LogP contribution in [0.25, 0.3) is 11.1 Å². The van der Waals surface area contributed by atoms with Crippen molar-refractivity contribution in [1.82, 2.24) is 9.47 Å². The number of carboxylic acid groups (broad SMARTS) is 1. The van der Waals surface area contributed by atoms with E-state index in [0.717, 1.165) is 53.2 Å². The van der Waals surface area contributed by atoms with Crippen LogP contribution in [0.15, 0.2) is 46.3 Å². The lowest BCUT2D eigenvalue weighted by atomic mass is 9.87. The number of likely N-dealkylation sites (tertiary alicyclic amines) is 1. The maximum atomic E-state index is 15.7. The minimum Gasteiger partial charge on any atom is -0.481 e. The molecule has 260 valence electrons. The first kappa shape index (κ1) is 37.2. The fourth-order valence-corrected chi connectivity index (χ4v) is 6.34. The molecule has 1 aromatic heterocycles. The van der Waals surface area contributed by atoms with Gasteiger partial charge in [-0.3, -0.25) is 14.4 Å². The first-order valence-electron chi connectivity index (χ1n) is 16.2. The van der Waals surface area contributed by atoms with Gasteiger partial charge in [-0.2, -0.15) is 18.4 Å². The lowest BCUT2D eigenvalue weighted by Crippen LogP contribution is -2.39. The minimum absolute atomic E-state index is 0.0162. The van der Waals surface area contributed by atoms with E-state index in [9.17, 15) is 37.9 Å². The molecule has 49 heavy (non-hydrogen) atoms. The summed E-state index contributed by atoms with van der Waals surface area (Å²) in [5.74, 6) is -4.20. The number of amides is 1. The van der Waals surface area contributed by atoms with Gasteiger partial charge in [0.05, 0.1) is 23.6 Å². The lowest BCUT2D eigenvalue weighted by Gasteiger charge is -2.31. The molecule has 1 N–H and O–H groups in total. The summed E-state index contributed by atoms with van der Waals surface area (Å²) < 4.78 is 58.6.